The number of amides is 2. The van der Waals surface area contributed by atoms with Crippen LogP contribution in [0.25, 0.3) is 0 Å². The molecule has 1 heterocycles. The molecule has 0 fully saturated rings. The van der Waals surface area contributed by atoms with Crippen LogP contribution in [0.1, 0.15) is 25.5 Å². The van der Waals surface area contributed by atoms with E-state index in [2.05, 4.69) is 10.6 Å². The van der Waals surface area contributed by atoms with Crippen LogP contribution >= 0.6 is 11.3 Å². The average molecular weight is 242 g/mol. The highest BCUT2D eigenvalue weighted by molar-refractivity contribution is 7.07. The molecule has 1 atom stereocenters. The predicted molar refractivity (Wildman–Crippen MR) is 65.5 cm³/mol. The van der Waals surface area contributed by atoms with Crippen molar-refractivity contribution in [2.45, 2.75) is 20.0 Å². The van der Waals surface area contributed by atoms with Crippen molar-refractivity contribution in [2.75, 3.05) is 13.1 Å². The van der Waals surface area contributed by atoms with Gasteiger partial charge in [-0.15, -0.1) is 0 Å². The van der Waals surface area contributed by atoms with E-state index in [0.29, 0.717) is 12.5 Å². The van der Waals surface area contributed by atoms with E-state index < -0.39 is 6.10 Å². The third-order valence-corrected chi connectivity index (χ3v) is 2.76. The van der Waals surface area contributed by atoms with Gasteiger partial charge in [-0.2, -0.15) is 11.3 Å². The van der Waals surface area contributed by atoms with Crippen LogP contribution in [-0.2, 0) is 0 Å². The van der Waals surface area contributed by atoms with Gasteiger partial charge < -0.3 is 15.7 Å². The Hall–Kier alpha value is -1.07. The summed E-state index contributed by atoms with van der Waals surface area (Å²) in [5, 5.41) is 18.8. The van der Waals surface area contributed by atoms with Crippen LogP contribution in [-0.4, -0.2) is 24.2 Å². The lowest BCUT2D eigenvalue weighted by molar-refractivity contribution is 0.173. The van der Waals surface area contributed by atoms with Crippen LogP contribution in [0, 0.1) is 5.92 Å². The van der Waals surface area contributed by atoms with E-state index in [-0.39, 0.29) is 12.6 Å². The predicted octanol–water partition coefficient (Wildman–Crippen LogP) is 1.74. The van der Waals surface area contributed by atoms with Gasteiger partial charge in [0.25, 0.3) is 0 Å². The Morgan fingerprint density at radius 1 is 1.44 bits per heavy atom. The topological polar surface area (TPSA) is 61.4 Å². The third kappa shape index (κ3) is 4.63. The van der Waals surface area contributed by atoms with Gasteiger partial charge in [-0.3, -0.25) is 0 Å². The Kier molecular flexibility index (Phi) is 5.28. The maximum absolute atomic E-state index is 11.3. The molecule has 1 rings (SSSR count). The molecule has 90 valence electrons. The van der Waals surface area contributed by atoms with E-state index in [1.54, 1.807) is 0 Å². The largest absolute Gasteiger partial charge is 0.387 e. The van der Waals surface area contributed by atoms with Crippen LogP contribution in [0.3, 0.4) is 0 Å². The van der Waals surface area contributed by atoms with Crippen molar-refractivity contribution in [3.63, 3.8) is 0 Å². The number of rotatable bonds is 5. The molecule has 16 heavy (non-hydrogen) atoms. The van der Waals surface area contributed by atoms with E-state index in [4.69, 9.17) is 0 Å². The number of carbonyl (C=O) groups is 1. The molecule has 1 aromatic heterocycles. The first-order valence-electron chi connectivity index (χ1n) is 5.31. The van der Waals surface area contributed by atoms with Crippen molar-refractivity contribution in [1.82, 2.24) is 10.6 Å². The lowest BCUT2D eigenvalue weighted by Crippen LogP contribution is -2.39. The molecule has 0 aliphatic heterocycles. The summed E-state index contributed by atoms with van der Waals surface area (Å²) < 4.78 is 0. The molecule has 0 radical (unpaired) electrons. The fraction of sp³-hybridized carbons (Fsp3) is 0.545. The van der Waals surface area contributed by atoms with Crippen LogP contribution in [0.4, 0.5) is 4.79 Å². The smallest absolute Gasteiger partial charge is 0.314 e. The monoisotopic (exact) mass is 242 g/mol. The molecule has 2 amide bonds. The summed E-state index contributed by atoms with van der Waals surface area (Å²) in [4.78, 5) is 11.3. The second-order valence-electron chi connectivity index (χ2n) is 4.06. The van der Waals surface area contributed by atoms with Crippen LogP contribution in [0.5, 0.6) is 0 Å². The molecule has 5 heteroatoms. The summed E-state index contributed by atoms with van der Waals surface area (Å²) in [5.74, 6) is 0.424. The van der Waals surface area contributed by atoms with Gasteiger partial charge >= 0.3 is 6.03 Å². The number of thiophene rings is 1. The molecule has 0 saturated carbocycles. The maximum Gasteiger partial charge on any atom is 0.314 e. The van der Waals surface area contributed by atoms with Crippen molar-refractivity contribution in [3.05, 3.63) is 22.4 Å². The highest BCUT2D eigenvalue weighted by atomic mass is 32.1. The molecule has 4 nitrogen and oxygen atoms in total. The van der Waals surface area contributed by atoms with Gasteiger partial charge in [0.2, 0.25) is 0 Å². The van der Waals surface area contributed by atoms with Crippen molar-refractivity contribution in [1.29, 1.82) is 0 Å². The standard InChI is InChI=1S/C11H18N2O2S/c1-8(2)5-12-11(15)13-6-10(14)9-3-4-16-7-9/h3-4,7-8,10,14H,5-6H2,1-2H3,(H2,12,13,15). The number of aliphatic hydroxyl groups is 1. The second-order valence-corrected chi connectivity index (χ2v) is 4.84. The summed E-state index contributed by atoms with van der Waals surface area (Å²) in [6.45, 7) is 4.93. The Bertz CT molecular complexity index is 312. The zero-order valence-electron chi connectivity index (χ0n) is 9.56. The van der Waals surface area contributed by atoms with E-state index in [9.17, 15) is 9.90 Å². The van der Waals surface area contributed by atoms with Gasteiger partial charge in [0.15, 0.2) is 0 Å². The van der Waals surface area contributed by atoms with Crippen LogP contribution in [0.2, 0.25) is 0 Å². The van der Waals surface area contributed by atoms with Gasteiger partial charge in [0, 0.05) is 13.1 Å². The van der Waals surface area contributed by atoms with Crippen molar-refractivity contribution < 1.29 is 9.90 Å². The van der Waals surface area contributed by atoms with Crippen molar-refractivity contribution >= 4 is 17.4 Å². The molecule has 0 spiro atoms. The molecular formula is C11H18N2O2S. The minimum atomic E-state index is -0.629. The lowest BCUT2D eigenvalue weighted by Gasteiger charge is -2.12. The lowest BCUT2D eigenvalue weighted by atomic mass is 10.2. The second kappa shape index (κ2) is 6.50. The molecular weight excluding hydrogens is 224 g/mol. The molecule has 1 aromatic rings. The number of carbonyl (C=O) groups excluding carboxylic acids is 1. The summed E-state index contributed by atoms with van der Waals surface area (Å²) in [6.07, 6.45) is -0.629. The molecule has 0 aliphatic rings. The summed E-state index contributed by atoms with van der Waals surface area (Å²) >= 11 is 1.53. The van der Waals surface area contributed by atoms with E-state index in [1.165, 1.54) is 11.3 Å². The molecule has 3 N–H and O–H groups in total. The number of hydrogen-bond donors (Lipinski definition) is 3. The normalized spacial score (nSPS) is 12.5. The average Bonchev–Trinajstić information content (AvgIpc) is 2.76. The minimum absolute atomic E-state index is 0.233. The maximum atomic E-state index is 11.3. The molecule has 0 aromatic carbocycles. The first-order valence-corrected chi connectivity index (χ1v) is 6.25. The fourth-order valence-corrected chi connectivity index (χ4v) is 1.84. The van der Waals surface area contributed by atoms with Crippen molar-refractivity contribution in [3.8, 4) is 0 Å². The zero-order chi connectivity index (χ0) is 12.0. The van der Waals surface area contributed by atoms with Gasteiger partial charge in [0.05, 0.1) is 6.10 Å². The fourth-order valence-electron chi connectivity index (χ4n) is 1.13. The quantitative estimate of drug-likeness (QED) is 0.736. The summed E-state index contributed by atoms with van der Waals surface area (Å²) in [6, 6.07) is 1.62. The highest BCUT2D eigenvalue weighted by Gasteiger charge is 2.09. The Labute approximate surface area is 99.7 Å². The van der Waals surface area contributed by atoms with E-state index in [1.807, 2.05) is 30.7 Å². The van der Waals surface area contributed by atoms with Crippen molar-refractivity contribution in [2.24, 2.45) is 5.92 Å². The SMILES string of the molecule is CC(C)CNC(=O)NCC(O)c1ccsc1. The zero-order valence-corrected chi connectivity index (χ0v) is 10.4. The summed E-state index contributed by atoms with van der Waals surface area (Å²) in [7, 11) is 0. The first-order chi connectivity index (χ1) is 7.59. The number of aliphatic hydroxyl groups excluding tert-OH is 1. The van der Waals surface area contributed by atoms with Gasteiger partial charge in [-0.1, -0.05) is 13.8 Å². The molecule has 0 saturated heterocycles. The van der Waals surface area contributed by atoms with E-state index in [0.717, 1.165) is 5.56 Å². The third-order valence-electron chi connectivity index (χ3n) is 2.05. The number of urea groups is 1. The van der Waals surface area contributed by atoms with E-state index >= 15 is 0 Å². The van der Waals surface area contributed by atoms with Crippen LogP contribution in [0.15, 0.2) is 16.8 Å². The van der Waals surface area contributed by atoms with Gasteiger partial charge in [0.1, 0.15) is 0 Å². The summed E-state index contributed by atoms with van der Waals surface area (Å²) in [5.41, 5.74) is 0.842. The van der Waals surface area contributed by atoms with Gasteiger partial charge in [-0.25, -0.2) is 4.79 Å². The molecule has 0 bridgehead atoms. The number of nitrogens with one attached hydrogen (secondary N) is 2. The highest BCUT2D eigenvalue weighted by Crippen LogP contribution is 2.14. The minimum Gasteiger partial charge on any atom is -0.387 e. The Balaban J connectivity index is 2.21. The molecule has 1 unspecified atom stereocenters. The van der Waals surface area contributed by atoms with Gasteiger partial charge in [-0.05, 0) is 28.3 Å². The Morgan fingerprint density at radius 3 is 2.69 bits per heavy atom. The number of hydrogen-bond acceptors (Lipinski definition) is 3. The molecule has 0 aliphatic carbocycles. The Morgan fingerprint density at radius 2 is 2.12 bits per heavy atom. The van der Waals surface area contributed by atoms with Crippen LogP contribution < -0.4 is 10.6 Å². The first kappa shape index (κ1) is 13.0.